The third-order valence-corrected chi connectivity index (χ3v) is 3.48. The molecule has 1 aromatic heterocycles. The standard InChI is InChI=1S/C11H11IN2S/c12-9-1-2-11(10(13)5-9)14-6-8-3-4-15-7-8/h1-5,7,14H,6,13H2. The van der Waals surface area contributed by atoms with Crippen molar-refractivity contribution in [1.82, 2.24) is 0 Å². The fraction of sp³-hybridized carbons (Fsp3) is 0.0909. The number of benzene rings is 1. The van der Waals surface area contributed by atoms with Gasteiger partial charge in [-0.05, 0) is 63.2 Å². The maximum absolute atomic E-state index is 5.90. The zero-order valence-corrected chi connectivity index (χ0v) is 11.0. The van der Waals surface area contributed by atoms with Crippen molar-refractivity contribution in [3.63, 3.8) is 0 Å². The molecule has 2 nitrogen and oxygen atoms in total. The lowest BCUT2D eigenvalue weighted by Gasteiger charge is -2.08. The van der Waals surface area contributed by atoms with E-state index in [4.69, 9.17) is 5.73 Å². The predicted octanol–water partition coefficient (Wildman–Crippen LogP) is 3.55. The summed E-state index contributed by atoms with van der Waals surface area (Å²) >= 11 is 3.96. The van der Waals surface area contributed by atoms with Crippen LogP contribution in [0.25, 0.3) is 0 Å². The molecule has 1 heterocycles. The fourth-order valence-electron chi connectivity index (χ4n) is 1.29. The lowest BCUT2D eigenvalue weighted by molar-refractivity contribution is 1.16. The highest BCUT2D eigenvalue weighted by molar-refractivity contribution is 14.1. The number of hydrogen-bond acceptors (Lipinski definition) is 3. The number of halogens is 1. The van der Waals surface area contributed by atoms with Gasteiger partial charge in [-0.3, -0.25) is 0 Å². The third-order valence-electron chi connectivity index (χ3n) is 2.08. The van der Waals surface area contributed by atoms with Gasteiger partial charge in [-0.15, -0.1) is 0 Å². The highest BCUT2D eigenvalue weighted by atomic mass is 127. The molecule has 0 aliphatic heterocycles. The van der Waals surface area contributed by atoms with Crippen LogP contribution in [0.4, 0.5) is 11.4 Å². The van der Waals surface area contributed by atoms with Gasteiger partial charge in [-0.25, -0.2) is 0 Å². The van der Waals surface area contributed by atoms with Gasteiger partial charge in [0.25, 0.3) is 0 Å². The van der Waals surface area contributed by atoms with Crippen LogP contribution in [-0.2, 0) is 6.54 Å². The number of nitrogen functional groups attached to an aromatic ring is 1. The molecule has 15 heavy (non-hydrogen) atoms. The average molecular weight is 330 g/mol. The Labute approximate surface area is 107 Å². The van der Waals surface area contributed by atoms with Crippen molar-refractivity contribution in [3.8, 4) is 0 Å². The zero-order chi connectivity index (χ0) is 10.7. The lowest BCUT2D eigenvalue weighted by Crippen LogP contribution is -2.01. The molecule has 0 saturated carbocycles. The number of anilines is 2. The first-order valence-electron chi connectivity index (χ1n) is 4.55. The van der Waals surface area contributed by atoms with Crippen molar-refractivity contribution in [2.75, 3.05) is 11.1 Å². The van der Waals surface area contributed by atoms with Gasteiger partial charge in [0, 0.05) is 10.1 Å². The average Bonchev–Trinajstić information content (AvgIpc) is 2.69. The van der Waals surface area contributed by atoms with E-state index in [1.165, 1.54) is 5.56 Å². The summed E-state index contributed by atoms with van der Waals surface area (Å²) in [5.41, 5.74) is 8.99. The maximum Gasteiger partial charge on any atom is 0.0577 e. The number of hydrogen-bond donors (Lipinski definition) is 2. The van der Waals surface area contributed by atoms with E-state index >= 15 is 0 Å². The van der Waals surface area contributed by atoms with Gasteiger partial charge in [-0.1, -0.05) is 0 Å². The summed E-state index contributed by atoms with van der Waals surface area (Å²) in [6, 6.07) is 8.15. The molecule has 1 aromatic carbocycles. The number of rotatable bonds is 3. The molecule has 3 N–H and O–H groups in total. The van der Waals surface area contributed by atoms with E-state index in [0.29, 0.717) is 0 Å². The first-order valence-corrected chi connectivity index (χ1v) is 6.58. The predicted molar refractivity (Wildman–Crippen MR) is 75.2 cm³/mol. The van der Waals surface area contributed by atoms with Crippen LogP contribution in [0.2, 0.25) is 0 Å². The van der Waals surface area contributed by atoms with Gasteiger partial charge in [0.15, 0.2) is 0 Å². The van der Waals surface area contributed by atoms with E-state index in [2.05, 4.69) is 44.7 Å². The first-order chi connectivity index (χ1) is 7.25. The van der Waals surface area contributed by atoms with Gasteiger partial charge >= 0.3 is 0 Å². The van der Waals surface area contributed by atoms with Crippen molar-refractivity contribution in [3.05, 3.63) is 44.2 Å². The van der Waals surface area contributed by atoms with Crippen molar-refractivity contribution < 1.29 is 0 Å². The summed E-state index contributed by atoms with van der Waals surface area (Å²) in [7, 11) is 0. The fourth-order valence-corrected chi connectivity index (χ4v) is 2.47. The molecule has 0 fully saturated rings. The van der Waals surface area contributed by atoms with Crippen LogP contribution in [0, 0.1) is 3.57 Å². The Hall–Kier alpha value is -0.750. The monoisotopic (exact) mass is 330 g/mol. The van der Waals surface area contributed by atoms with Crippen LogP contribution < -0.4 is 11.1 Å². The lowest BCUT2D eigenvalue weighted by atomic mass is 10.2. The molecular formula is C11H11IN2S. The summed E-state index contributed by atoms with van der Waals surface area (Å²) < 4.78 is 1.16. The van der Waals surface area contributed by atoms with Gasteiger partial charge in [0.05, 0.1) is 11.4 Å². The molecule has 0 spiro atoms. The largest absolute Gasteiger partial charge is 0.397 e. The second kappa shape index (κ2) is 4.85. The van der Waals surface area contributed by atoms with Gasteiger partial charge < -0.3 is 11.1 Å². The Morgan fingerprint density at radius 2 is 2.20 bits per heavy atom. The Morgan fingerprint density at radius 1 is 1.33 bits per heavy atom. The molecule has 0 aliphatic rings. The van der Waals surface area contributed by atoms with Crippen LogP contribution in [-0.4, -0.2) is 0 Å². The summed E-state index contributed by atoms with van der Waals surface area (Å²) in [5, 5.41) is 7.53. The Morgan fingerprint density at radius 3 is 2.87 bits per heavy atom. The molecule has 78 valence electrons. The number of nitrogens with two attached hydrogens (primary N) is 1. The SMILES string of the molecule is Nc1cc(I)ccc1NCc1ccsc1. The molecule has 2 rings (SSSR count). The molecule has 4 heteroatoms. The molecule has 0 bridgehead atoms. The molecule has 0 amide bonds. The molecule has 0 atom stereocenters. The number of nitrogens with one attached hydrogen (secondary N) is 1. The topological polar surface area (TPSA) is 38.0 Å². The van der Waals surface area contributed by atoms with E-state index < -0.39 is 0 Å². The molecular weight excluding hydrogens is 319 g/mol. The van der Waals surface area contributed by atoms with Gasteiger partial charge in [0.1, 0.15) is 0 Å². The summed E-state index contributed by atoms with van der Waals surface area (Å²) in [4.78, 5) is 0. The summed E-state index contributed by atoms with van der Waals surface area (Å²) in [6.07, 6.45) is 0. The van der Waals surface area contributed by atoms with Crippen molar-refractivity contribution in [1.29, 1.82) is 0 Å². The van der Waals surface area contributed by atoms with Crippen LogP contribution in [0.5, 0.6) is 0 Å². The van der Waals surface area contributed by atoms with E-state index in [1.807, 2.05) is 18.2 Å². The summed E-state index contributed by atoms with van der Waals surface area (Å²) in [6.45, 7) is 0.828. The minimum absolute atomic E-state index is 0.803. The summed E-state index contributed by atoms with van der Waals surface area (Å²) in [5.74, 6) is 0. The van der Waals surface area contributed by atoms with Crippen LogP contribution in [0.15, 0.2) is 35.0 Å². The van der Waals surface area contributed by atoms with E-state index in [9.17, 15) is 0 Å². The van der Waals surface area contributed by atoms with Crippen molar-refractivity contribution >= 4 is 45.3 Å². The normalized spacial score (nSPS) is 10.2. The molecule has 0 unspecified atom stereocenters. The second-order valence-electron chi connectivity index (χ2n) is 3.22. The minimum atomic E-state index is 0.803. The van der Waals surface area contributed by atoms with Gasteiger partial charge in [-0.2, -0.15) is 11.3 Å². The van der Waals surface area contributed by atoms with Crippen molar-refractivity contribution in [2.45, 2.75) is 6.54 Å². The number of thiophene rings is 1. The minimum Gasteiger partial charge on any atom is -0.397 e. The van der Waals surface area contributed by atoms with Crippen molar-refractivity contribution in [2.24, 2.45) is 0 Å². The zero-order valence-electron chi connectivity index (χ0n) is 8.03. The molecule has 0 radical (unpaired) electrons. The second-order valence-corrected chi connectivity index (χ2v) is 5.24. The van der Waals surface area contributed by atoms with Crippen LogP contribution >= 0.6 is 33.9 Å². The Kier molecular flexibility index (Phi) is 3.48. The van der Waals surface area contributed by atoms with E-state index in [0.717, 1.165) is 21.5 Å². The molecule has 0 aliphatic carbocycles. The Balaban J connectivity index is 2.05. The van der Waals surface area contributed by atoms with E-state index in [-0.39, 0.29) is 0 Å². The highest BCUT2D eigenvalue weighted by Crippen LogP contribution is 2.21. The van der Waals surface area contributed by atoms with Crippen LogP contribution in [0.3, 0.4) is 0 Å². The maximum atomic E-state index is 5.90. The third kappa shape index (κ3) is 2.85. The van der Waals surface area contributed by atoms with Gasteiger partial charge in [0.2, 0.25) is 0 Å². The molecule has 0 saturated heterocycles. The first kappa shape index (κ1) is 10.8. The molecule has 2 aromatic rings. The highest BCUT2D eigenvalue weighted by Gasteiger charge is 1.99. The quantitative estimate of drug-likeness (QED) is 0.667. The smallest absolute Gasteiger partial charge is 0.0577 e. The van der Waals surface area contributed by atoms with Crippen LogP contribution in [0.1, 0.15) is 5.56 Å². The Bertz CT molecular complexity index is 440. The van der Waals surface area contributed by atoms with E-state index in [1.54, 1.807) is 11.3 Å².